The highest BCUT2D eigenvalue weighted by atomic mass is 14.7. The number of hydrogen-bond acceptors (Lipinski definition) is 1. The summed E-state index contributed by atoms with van der Waals surface area (Å²) in [5.41, 5.74) is 5.17. The van der Waals surface area contributed by atoms with E-state index in [1.54, 1.807) is 0 Å². The molecule has 136 valence electrons. The Morgan fingerprint density at radius 3 is 1.73 bits per heavy atom. The zero-order chi connectivity index (χ0) is 19.0. The van der Waals surface area contributed by atoms with Crippen LogP contribution in [0.3, 0.4) is 0 Å². The minimum Gasteiger partial charge on any atom is -0.257 e. The lowest BCUT2D eigenvalue weighted by Gasteiger charge is -1.99. The number of nitrogens with zero attached hydrogens (tertiary/aromatic N) is 1. The molecule has 26 heavy (non-hydrogen) atoms. The third kappa shape index (κ3) is 7.06. The third-order valence-electron chi connectivity index (χ3n) is 3.68. The molecule has 0 bridgehead atoms. The molecule has 4 rings (SSSR count). The Bertz CT molecular complexity index is 654. The zero-order valence-electron chi connectivity index (χ0n) is 16.5. The van der Waals surface area contributed by atoms with Crippen LogP contribution in [0.4, 0.5) is 0 Å². The summed E-state index contributed by atoms with van der Waals surface area (Å²) in [5, 5.41) is 0. The van der Waals surface area contributed by atoms with E-state index in [9.17, 15) is 0 Å². The van der Waals surface area contributed by atoms with E-state index in [1.165, 1.54) is 16.7 Å². The first-order valence-electron chi connectivity index (χ1n) is 9.62. The summed E-state index contributed by atoms with van der Waals surface area (Å²) in [5.74, 6) is 0. The van der Waals surface area contributed by atoms with Gasteiger partial charge in [-0.3, -0.25) is 4.98 Å². The molecule has 1 heterocycles. The molecule has 1 heteroatoms. The normalized spacial score (nSPS) is 13.2. The molecule has 1 aromatic heterocycles. The predicted molar refractivity (Wildman–Crippen MR) is 117 cm³/mol. The van der Waals surface area contributed by atoms with Crippen molar-refractivity contribution in [1.29, 1.82) is 0 Å². The van der Waals surface area contributed by atoms with Crippen molar-refractivity contribution in [2.75, 3.05) is 0 Å². The lowest BCUT2D eigenvalue weighted by Crippen LogP contribution is -1.83. The molecule has 0 saturated carbocycles. The number of hydrogen-bond donors (Lipinski definition) is 0. The molecule has 1 nitrogen and oxygen atoms in total. The van der Waals surface area contributed by atoms with Crippen LogP contribution in [0.15, 0.2) is 91.2 Å². The number of benzene rings is 1. The molecule has 0 radical (unpaired) electrons. The summed E-state index contributed by atoms with van der Waals surface area (Å²) in [6, 6.07) is 16.5. The van der Waals surface area contributed by atoms with Crippen molar-refractivity contribution in [2.24, 2.45) is 0 Å². The second-order valence-electron chi connectivity index (χ2n) is 5.23. The number of aromatic nitrogens is 1. The summed E-state index contributed by atoms with van der Waals surface area (Å²) in [6.07, 6.45) is 16.7. The maximum atomic E-state index is 4.25. The van der Waals surface area contributed by atoms with Gasteiger partial charge in [0, 0.05) is 6.20 Å². The minimum atomic E-state index is 1.02. The Hall–Kier alpha value is -2.67. The molecule has 0 atom stereocenters. The van der Waals surface area contributed by atoms with E-state index in [1.807, 2.05) is 58.2 Å². The number of pyridine rings is 1. The topological polar surface area (TPSA) is 12.9 Å². The molecular formula is C25H31N. The van der Waals surface area contributed by atoms with Crippen molar-refractivity contribution in [2.45, 2.75) is 40.5 Å². The Morgan fingerprint density at radius 2 is 1.23 bits per heavy atom. The minimum absolute atomic E-state index is 1.02. The van der Waals surface area contributed by atoms with Gasteiger partial charge in [-0.15, -0.1) is 0 Å². The quantitative estimate of drug-likeness (QED) is 0.549. The summed E-state index contributed by atoms with van der Waals surface area (Å²) in [4.78, 5) is 4.25. The molecule has 2 aliphatic rings. The van der Waals surface area contributed by atoms with Crippen LogP contribution >= 0.6 is 0 Å². The third-order valence-corrected chi connectivity index (χ3v) is 3.68. The standard InChI is InChI=1S/C11H10.C10H9N.2C2H6/c1-2-6-10(7-3-1)11-8-4-5-9-11;1-2-6-9(5-1)10-7-3-4-8-11-10;2*1-2/h1-8H,9H2;1-5,7-8H,6H2;2*1-2H3. The fraction of sp³-hybridized carbons (Fsp3) is 0.240. The first kappa shape index (κ1) is 21.4. The first-order chi connectivity index (χ1) is 12.9. The van der Waals surface area contributed by atoms with Crippen LogP contribution in [0.25, 0.3) is 11.1 Å². The molecule has 2 aromatic rings. The van der Waals surface area contributed by atoms with Crippen molar-refractivity contribution in [3.8, 4) is 0 Å². The molecule has 0 fully saturated rings. The SMILES string of the molecule is C1=CCC(c2ccccc2)=C1.C1=CCC(c2ccccn2)=C1.CC.CC. The van der Waals surface area contributed by atoms with Crippen molar-refractivity contribution in [3.05, 3.63) is 102 Å². The van der Waals surface area contributed by atoms with E-state index >= 15 is 0 Å². The highest BCUT2D eigenvalue weighted by Crippen LogP contribution is 2.22. The van der Waals surface area contributed by atoms with Crippen LogP contribution in [-0.2, 0) is 0 Å². The molecule has 1 aromatic carbocycles. The molecule has 0 aliphatic heterocycles. The van der Waals surface area contributed by atoms with E-state index in [-0.39, 0.29) is 0 Å². The molecule has 0 unspecified atom stereocenters. The van der Waals surface area contributed by atoms with Crippen LogP contribution in [0.2, 0.25) is 0 Å². The van der Waals surface area contributed by atoms with Crippen LogP contribution in [0.1, 0.15) is 51.8 Å². The van der Waals surface area contributed by atoms with Gasteiger partial charge in [0.1, 0.15) is 0 Å². The van der Waals surface area contributed by atoms with Crippen molar-refractivity contribution in [3.63, 3.8) is 0 Å². The molecular weight excluding hydrogens is 314 g/mol. The van der Waals surface area contributed by atoms with Gasteiger partial charge in [-0.2, -0.15) is 0 Å². The largest absolute Gasteiger partial charge is 0.257 e. The lowest BCUT2D eigenvalue weighted by molar-refractivity contribution is 1.24. The second-order valence-corrected chi connectivity index (χ2v) is 5.23. The van der Waals surface area contributed by atoms with Gasteiger partial charge in [-0.05, 0) is 41.7 Å². The smallest absolute Gasteiger partial charge is 0.0664 e. The maximum absolute atomic E-state index is 4.25. The van der Waals surface area contributed by atoms with Gasteiger partial charge in [0.15, 0.2) is 0 Å². The van der Waals surface area contributed by atoms with Crippen molar-refractivity contribution in [1.82, 2.24) is 4.98 Å². The van der Waals surface area contributed by atoms with Gasteiger partial charge in [0.05, 0.1) is 5.69 Å². The monoisotopic (exact) mass is 345 g/mol. The van der Waals surface area contributed by atoms with Gasteiger partial charge in [-0.25, -0.2) is 0 Å². The average molecular weight is 346 g/mol. The van der Waals surface area contributed by atoms with E-state index in [0.717, 1.165) is 18.5 Å². The van der Waals surface area contributed by atoms with E-state index in [4.69, 9.17) is 0 Å². The van der Waals surface area contributed by atoms with E-state index in [2.05, 4.69) is 65.7 Å². The number of rotatable bonds is 2. The highest BCUT2D eigenvalue weighted by Gasteiger charge is 2.02. The molecule has 0 saturated heterocycles. The molecule has 0 spiro atoms. The average Bonchev–Trinajstić information content (AvgIpc) is 3.47. The van der Waals surface area contributed by atoms with E-state index < -0.39 is 0 Å². The summed E-state index contributed by atoms with van der Waals surface area (Å²) in [6.45, 7) is 8.00. The first-order valence-corrected chi connectivity index (χ1v) is 9.62. The molecule has 0 amide bonds. The van der Waals surface area contributed by atoms with Crippen LogP contribution in [0, 0.1) is 0 Å². The molecule has 0 N–H and O–H groups in total. The maximum Gasteiger partial charge on any atom is 0.0664 e. The van der Waals surface area contributed by atoms with Gasteiger partial charge in [-0.1, -0.05) is 101 Å². The fourth-order valence-corrected chi connectivity index (χ4v) is 2.50. The number of allylic oxidation sites excluding steroid dienone is 8. The van der Waals surface area contributed by atoms with Gasteiger partial charge >= 0.3 is 0 Å². The predicted octanol–water partition coefficient (Wildman–Crippen LogP) is 7.51. The Balaban J connectivity index is 0.000000219. The summed E-state index contributed by atoms with van der Waals surface area (Å²) < 4.78 is 0. The highest BCUT2D eigenvalue weighted by molar-refractivity contribution is 5.70. The van der Waals surface area contributed by atoms with Gasteiger partial charge < -0.3 is 0 Å². The van der Waals surface area contributed by atoms with Crippen molar-refractivity contribution < 1.29 is 0 Å². The summed E-state index contributed by atoms with van der Waals surface area (Å²) >= 11 is 0. The van der Waals surface area contributed by atoms with Crippen LogP contribution in [0.5, 0.6) is 0 Å². The van der Waals surface area contributed by atoms with Crippen molar-refractivity contribution >= 4 is 11.1 Å². The van der Waals surface area contributed by atoms with Gasteiger partial charge in [0.2, 0.25) is 0 Å². The van der Waals surface area contributed by atoms with Crippen LogP contribution in [-0.4, -0.2) is 4.98 Å². The Morgan fingerprint density at radius 1 is 0.654 bits per heavy atom. The van der Waals surface area contributed by atoms with E-state index in [0.29, 0.717) is 0 Å². The Kier molecular flexibility index (Phi) is 11.2. The molecule has 2 aliphatic carbocycles. The Labute approximate surface area is 159 Å². The van der Waals surface area contributed by atoms with Crippen LogP contribution < -0.4 is 0 Å². The van der Waals surface area contributed by atoms with Gasteiger partial charge in [0.25, 0.3) is 0 Å². The zero-order valence-corrected chi connectivity index (χ0v) is 16.5. The lowest BCUT2D eigenvalue weighted by atomic mass is 10.1. The fourth-order valence-electron chi connectivity index (χ4n) is 2.50. The summed E-state index contributed by atoms with van der Waals surface area (Å²) in [7, 11) is 0. The second kappa shape index (κ2) is 13.6.